The lowest BCUT2D eigenvalue weighted by Gasteiger charge is -2.37. The van der Waals surface area contributed by atoms with E-state index in [0.717, 1.165) is 59.7 Å². The second-order valence-electron chi connectivity index (χ2n) is 8.49. The van der Waals surface area contributed by atoms with Gasteiger partial charge in [0.2, 0.25) is 0 Å². The minimum atomic E-state index is 0.140. The molecule has 0 bridgehead atoms. The summed E-state index contributed by atoms with van der Waals surface area (Å²) in [6.07, 6.45) is 3.66. The highest BCUT2D eigenvalue weighted by Gasteiger charge is 2.29. The average Bonchev–Trinajstić information content (AvgIpc) is 3.24. The number of rotatable bonds is 3. The first kappa shape index (κ1) is 20.8. The van der Waals surface area contributed by atoms with E-state index >= 15 is 0 Å². The summed E-state index contributed by atoms with van der Waals surface area (Å²) in [5.41, 5.74) is 4.98. The van der Waals surface area contributed by atoms with E-state index < -0.39 is 0 Å². The van der Waals surface area contributed by atoms with E-state index in [0.29, 0.717) is 32.2 Å². The lowest BCUT2D eigenvalue weighted by atomic mass is 9.92. The van der Waals surface area contributed by atoms with Gasteiger partial charge in [-0.2, -0.15) is 0 Å². The molecule has 8 heteroatoms. The lowest BCUT2D eigenvalue weighted by Crippen LogP contribution is -2.50. The maximum absolute atomic E-state index is 12.8. The molecule has 0 atom stereocenters. The van der Waals surface area contributed by atoms with Crippen molar-refractivity contribution in [2.75, 3.05) is 46.5 Å². The summed E-state index contributed by atoms with van der Waals surface area (Å²) in [5, 5.41) is 0. The summed E-state index contributed by atoms with van der Waals surface area (Å²) in [5.74, 6) is 1.14. The fraction of sp³-hybridized carbons (Fsp3) is 0.458. The summed E-state index contributed by atoms with van der Waals surface area (Å²) < 4.78 is 12.7. The molecule has 1 aromatic carbocycles. The third-order valence-corrected chi connectivity index (χ3v) is 6.56. The number of imidazole rings is 1. The van der Waals surface area contributed by atoms with Crippen LogP contribution < -0.4 is 4.74 Å². The summed E-state index contributed by atoms with van der Waals surface area (Å²) in [4.78, 5) is 26.4. The van der Waals surface area contributed by atoms with Crippen LogP contribution in [0.3, 0.4) is 0 Å². The number of morpholine rings is 1. The van der Waals surface area contributed by atoms with Gasteiger partial charge in [-0.15, -0.1) is 0 Å². The number of pyridine rings is 1. The van der Waals surface area contributed by atoms with E-state index in [1.165, 1.54) is 0 Å². The van der Waals surface area contributed by atoms with E-state index in [-0.39, 0.29) is 6.03 Å². The van der Waals surface area contributed by atoms with Gasteiger partial charge in [0.05, 0.1) is 37.9 Å². The van der Waals surface area contributed by atoms with Crippen molar-refractivity contribution in [3.05, 3.63) is 42.4 Å². The molecule has 2 aromatic heterocycles. The Balaban J connectivity index is 1.38. The fourth-order valence-electron chi connectivity index (χ4n) is 4.63. The van der Waals surface area contributed by atoms with E-state index in [1.807, 2.05) is 52.0 Å². The SMILES string of the molecule is COc1ccc(-c2nc(C3CCN(C(=O)N4CCOCC4)CC3)cc3c2ncn3C)cc1. The lowest BCUT2D eigenvalue weighted by molar-refractivity contribution is 0.0411. The number of ether oxygens (including phenoxy) is 2. The minimum absolute atomic E-state index is 0.140. The number of fused-ring (bicyclic) bond motifs is 1. The highest BCUT2D eigenvalue weighted by molar-refractivity contribution is 5.90. The number of aryl methyl sites for hydroxylation is 1. The Labute approximate surface area is 187 Å². The monoisotopic (exact) mass is 435 g/mol. The molecular weight excluding hydrogens is 406 g/mol. The van der Waals surface area contributed by atoms with Crippen LogP contribution in [0, 0.1) is 0 Å². The number of nitrogens with zero attached hydrogens (tertiary/aromatic N) is 5. The predicted molar refractivity (Wildman–Crippen MR) is 122 cm³/mol. The van der Waals surface area contributed by atoms with Crippen molar-refractivity contribution in [1.29, 1.82) is 0 Å². The zero-order valence-electron chi connectivity index (χ0n) is 18.7. The third kappa shape index (κ3) is 3.90. The second-order valence-corrected chi connectivity index (χ2v) is 8.49. The van der Waals surface area contributed by atoms with Gasteiger partial charge >= 0.3 is 6.03 Å². The number of hydrogen-bond acceptors (Lipinski definition) is 5. The number of benzene rings is 1. The molecule has 8 nitrogen and oxygen atoms in total. The first-order valence-corrected chi connectivity index (χ1v) is 11.2. The van der Waals surface area contributed by atoms with Gasteiger partial charge in [-0.3, -0.25) is 4.98 Å². The maximum Gasteiger partial charge on any atom is 0.320 e. The van der Waals surface area contributed by atoms with Crippen molar-refractivity contribution in [3.8, 4) is 17.0 Å². The van der Waals surface area contributed by atoms with Crippen LogP contribution in [0.2, 0.25) is 0 Å². The molecule has 2 fully saturated rings. The van der Waals surface area contributed by atoms with Gasteiger partial charge in [-0.25, -0.2) is 9.78 Å². The summed E-state index contributed by atoms with van der Waals surface area (Å²) in [6, 6.07) is 10.3. The molecule has 0 aliphatic carbocycles. The standard InChI is InChI=1S/C24H29N5O3/c1-27-16-25-23-21(27)15-20(26-22(23)18-3-5-19(31-2)6-4-18)17-7-9-28(10-8-17)24(30)29-11-13-32-14-12-29/h3-6,15-17H,7-14H2,1-2H3. The molecule has 5 rings (SSSR count). The van der Waals surface area contributed by atoms with Crippen LogP contribution >= 0.6 is 0 Å². The molecule has 2 amide bonds. The molecule has 2 saturated heterocycles. The minimum Gasteiger partial charge on any atom is -0.497 e. The molecule has 2 aliphatic rings. The van der Waals surface area contributed by atoms with E-state index in [4.69, 9.17) is 14.5 Å². The van der Waals surface area contributed by atoms with Gasteiger partial charge in [0.15, 0.2) is 0 Å². The second kappa shape index (κ2) is 8.78. The Morgan fingerprint density at radius 1 is 1.06 bits per heavy atom. The smallest absolute Gasteiger partial charge is 0.320 e. The molecule has 3 aromatic rings. The topological polar surface area (TPSA) is 72.7 Å². The van der Waals surface area contributed by atoms with Crippen LogP contribution in [0.5, 0.6) is 5.75 Å². The summed E-state index contributed by atoms with van der Waals surface area (Å²) >= 11 is 0. The molecule has 0 spiro atoms. The van der Waals surface area contributed by atoms with Crippen molar-refractivity contribution in [3.63, 3.8) is 0 Å². The first-order valence-electron chi connectivity index (χ1n) is 11.2. The average molecular weight is 436 g/mol. The zero-order valence-corrected chi connectivity index (χ0v) is 18.7. The number of hydrogen-bond donors (Lipinski definition) is 0. The molecule has 0 saturated carbocycles. The number of amides is 2. The number of piperidine rings is 1. The fourth-order valence-corrected chi connectivity index (χ4v) is 4.63. The van der Waals surface area contributed by atoms with Crippen LogP contribution in [0.1, 0.15) is 24.5 Å². The largest absolute Gasteiger partial charge is 0.497 e. The van der Waals surface area contributed by atoms with Crippen molar-refractivity contribution < 1.29 is 14.3 Å². The summed E-state index contributed by atoms with van der Waals surface area (Å²) in [7, 11) is 3.68. The number of urea groups is 1. The van der Waals surface area contributed by atoms with E-state index in [2.05, 4.69) is 11.1 Å². The van der Waals surface area contributed by atoms with Crippen LogP contribution in [-0.4, -0.2) is 76.9 Å². The van der Waals surface area contributed by atoms with Crippen LogP contribution in [-0.2, 0) is 11.8 Å². The molecule has 2 aliphatic heterocycles. The number of likely N-dealkylation sites (tertiary alicyclic amines) is 1. The van der Waals surface area contributed by atoms with Crippen LogP contribution in [0.25, 0.3) is 22.3 Å². The quantitative estimate of drug-likeness (QED) is 0.631. The first-order chi connectivity index (χ1) is 15.6. The number of aromatic nitrogens is 3. The third-order valence-electron chi connectivity index (χ3n) is 6.56. The highest BCUT2D eigenvalue weighted by atomic mass is 16.5. The van der Waals surface area contributed by atoms with Crippen LogP contribution in [0.15, 0.2) is 36.7 Å². The van der Waals surface area contributed by atoms with Gasteiger partial charge in [-0.1, -0.05) is 0 Å². The van der Waals surface area contributed by atoms with Gasteiger partial charge in [0, 0.05) is 50.4 Å². The summed E-state index contributed by atoms with van der Waals surface area (Å²) in [6.45, 7) is 4.13. The normalized spacial score (nSPS) is 17.7. The van der Waals surface area contributed by atoms with E-state index in [9.17, 15) is 4.79 Å². The van der Waals surface area contributed by atoms with Gasteiger partial charge in [0.1, 0.15) is 11.3 Å². The van der Waals surface area contributed by atoms with Crippen molar-refractivity contribution in [2.24, 2.45) is 7.05 Å². The van der Waals surface area contributed by atoms with E-state index in [1.54, 1.807) is 7.11 Å². The molecule has 32 heavy (non-hydrogen) atoms. The number of carbonyl (C=O) groups excluding carboxylic acids is 1. The molecular formula is C24H29N5O3. The highest BCUT2D eigenvalue weighted by Crippen LogP contribution is 2.33. The Hall–Kier alpha value is -3.13. The van der Waals surface area contributed by atoms with Crippen LogP contribution in [0.4, 0.5) is 4.79 Å². The van der Waals surface area contributed by atoms with Gasteiger partial charge in [0.25, 0.3) is 0 Å². The van der Waals surface area contributed by atoms with Crippen molar-refractivity contribution in [2.45, 2.75) is 18.8 Å². The molecule has 0 radical (unpaired) electrons. The van der Waals surface area contributed by atoms with Crippen molar-refractivity contribution >= 4 is 17.1 Å². The molecule has 4 heterocycles. The Morgan fingerprint density at radius 2 is 1.75 bits per heavy atom. The maximum atomic E-state index is 12.8. The molecule has 0 unspecified atom stereocenters. The Morgan fingerprint density at radius 3 is 2.44 bits per heavy atom. The van der Waals surface area contributed by atoms with Gasteiger partial charge in [-0.05, 0) is 43.2 Å². The van der Waals surface area contributed by atoms with Gasteiger partial charge < -0.3 is 23.8 Å². The Bertz CT molecular complexity index is 1100. The predicted octanol–water partition coefficient (Wildman–Crippen LogP) is 3.28. The molecule has 0 N–H and O–H groups in total. The molecule has 168 valence electrons. The Kier molecular flexibility index (Phi) is 5.70. The number of methoxy groups -OCH3 is 1. The van der Waals surface area contributed by atoms with Crippen molar-refractivity contribution in [1.82, 2.24) is 24.3 Å². The zero-order chi connectivity index (χ0) is 22.1. The number of carbonyl (C=O) groups is 1.